The van der Waals surface area contributed by atoms with Gasteiger partial charge in [0.1, 0.15) is 0 Å². The zero-order valence-electron chi connectivity index (χ0n) is 14.0. The lowest BCUT2D eigenvalue weighted by molar-refractivity contribution is 0.0579. The smallest absolute Gasteiger partial charge is 0.0900 e. The molecule has 2 heterocycles. The van der Waals surface area contributed by atoms with Gasteiger partial charge in [-0.25, -0.2) is 4.98 Å². The molecule has 1 saturated heterocycles. The first kappa shape index (κ1) is 15.4. The Morgan fingerprint density at radius 3 is 2.48 bits per heavy atom. The molecule has 1 aliphatic heterocycles. The van der Waals surface area contributed by atoms with Gasteiger partial charge in [-0.05, 0) is 45.4 Å². The van der Waals surface area contributed by atoms with Crippen molar-refractivity contribution in [3.63, 3.8) is 0 Å². The van der Waals surface area contributed by atoms with Crippen molar-refractivity contribution in [2.45, 2.75) is 65.6 Å². The number of hydrogen-bond acceptors (Lipinski definition) is 4. The molecule has 2 fully saturated rings. The summed E-state index contributed by atoms with van der Waals surface area (Å²) in [7, 11) is 0. The summed E-state index contributed by atoms with van der Waals surface area (Å²) in [6.07, 6.45) is 2.84. The van der Waals surface area contributed by atoms with Crippen LogP contribution >= 0.6 is 11.3 Å². The minimum atomic E-state index is 0.493. The third-order valence-corrected chi connectivity index (χ3v) is 6.44. The predicted molar refractivity (Wildman–Crippen MR) is 89.8 cm³/mol. The van der Waals surface area contributed by atoms with E-state index in [0.717, 1.165) is 12.5 Å². The average molecular weight is 308 g/mol. The van der Waals surface area contributed by atoms with Crippen molar-refractivity contribution in [1.82, 2.24) is 15.2 Å². The van der Waals surface area contributed by atoms with E-state index in [0.29, 0.717) is 24.0 Å². The highest BCUT2D eigenvalue weighted by Crippen LogP contribution is 2.38. The Labute approximate surface area is 133 Å². The number of hydrogen-bond donors (Lipinski definition) is 1. The van der Waals surface area contributed by atoms with Gasteiger partial charge in [-0.3, -0.25) is 4.90 Å². The predicted octanol–water partition coefficient (Wildman–Crippen LogP) is 3.53. The van der Waals surface area contributed by atoms with Crippen molar-refractivity contribution in [3.05, 3.63) is 15.6 Å². The zero-order valence-corrected chi connectivity index (χ0v) is 14.8. The Kier molecular flexibility index (Phi) is 4.40. The van der Waals surface area contributed by atoms with Gasteiger partial charge in [0.2, 0.25) is 0 Å². The van der Waals surface area contributed by atoms with Crippen molar-refractivity contribution in [2.24, 2.45) is 11.8 Å². The van der Waals surface area contributed by atoms with E-state index < -0.39 is 0 Å². The molecule has 1 saturated carbocycles. The zero-order chi connectivity index (χ0) is 15.1. The molecule has 1 aliphatic carbocycles. The van der Waals surface area contributed by atoms with Gasteiger partial charge >= 0.3 is 0 Å². The van der Waals surface area contributed by atoms with E-state index in [1.165, 1.54) is 35.0 Å². The maximum absolute atomic E-state index is 4.64. The second kappa shape index (κ2) is 5.98. The van der Waals surface area contributed by atoms with E-state index in [4.69, 9.17) is 0 Å². The van der Waals surface area contributed by atoms with Crippen molar-refractivity contribution < 1.29 is 0 Å². The van der Waals surface area contributed by atoms with E-state index >= 15 is 0 Å². The highest BCUT2D eigenvalue weighted by atomic mass is 32.1. The number of thiazole rings is 1. The number of aromatic nitrogens is 1. The summed E-state index contributed by atoms with van der Waals surface area (Å²) in [4.78, 5) is 8.86. The van der Waals surface area contributed by atoms with Gasteiger partial charge in [-0.15, -0.1) is 11.3 Å². The normalized spacial score (nSPS) is 29.0. The van der Waals surface area contributed by atoms with Gasteiger partial charge in [0.15, 0.2) is 0 Å². The molecule has 21 heavy (non-hydrogen) atoms. The molecule has 4 heteroatoms. The van der Waals surface area contributed by atoms with E-state index in [1.54, 1.807) is 0 Å². The maximum atomic E-state index is 4.64. The summed E-state index contributed by atoms with van der Waals surface area (Å²) < 4.78 is 0. The molecule has 0 aromatic carbocycles. The highest BCUT2D eigenvalue weighted by Gasteiger charge is 2.40. The van der Waals surface area contributed by atoms with Gasteiger partial charge in [0.25, 0.3) is 0 Å². The van der Waals surface area contributed by atoms with Crippen molar-refractivity contribution in [1.29, 1.82) is 0 Å². The van der Waals surface area contributed by atoms with Crippen LogP contribution in [-0.4, -0.2) is 35.1 Å². The topological polar surface area (TPSA) is 28.2 Å². The van der Waals surface area contributed by atoms with Crippen LogP contribution in [0, 0.1) is 25.7 Å². The summed E-state index contributed by atoms with van der Waals surface area (Å²) in [5, 5.41) is 5.01. The molecule has 3 unspecified atom stereocenters. The van der Waals surface area contributed by atoms with E-state index in [1.807, 2.05) is 11.3 Å². The van der Waals surface area contributed by atoms with Crippen LogP contribution in [0.5, 0.6) is 0 Å². The number of piperazine rings is 1. The molecule has 3 rings (SSSR count). The van der Waals surface area contributed by atoms with Crippen LogP contribution in [0.2, 0.25) is 0 Å². The Bertz CT molecular complexity index is 492. The first-order chi connectivity index (χ1) is 9.97. The molecule has 1 N–H and O–H groups in total. The Morgan fingerprint density at radius 2 is 1.95 bits per heavy atom. The lowest BCUT2D eigenvalue weighted by Gasteiger charge is -2.45. The van der Waals surface area contributed by atoms with Crippen molar-refractivity contribution >= 4 is 11.3 Å². The van der Waals surface area contributed by atoms with Crippen LogP contribution in [0.1, 0.15) is 55.2 Å². The van der Waals surface area contributed by atoms with Crippen LogP contribution in [0.25, 0.3) is 0 Å². The molecule has 0 bridgehead atoms. The number of nitrogens with one attached hydrogen (secondary N) is 1. The van der Waals surface area contributed by atoms with Crippen LogP contribution in [0.4, 0.5) is 0 Å². The summed E-state index contributed by atoms with van der Waals surface area (Å²) in [5.41, 5.74) is 1.23. The number of nitrogens with zero attached hydrogens (tertiary/aromatic N) is 2. The van der Waals surface area contributed by atoms with Crippen molar-refractivity contribution in [2.75, 3.05) is 13.1 Å². The first-order valence-corrected chi connectivity index (χ1v) is 9.22. The lowest BCUT2D eigenvalue weighted by atomic mass is 9.95. The minimum absolute atomic E-state index is 0.493. The molecule has 1 aromatic heterocycles. The van der Waals surface area contributed by atoms with Gasteiger partial charge < -0.3 is 5.32 Å². The fraction of sp³-hybridized carbons (Fsp3) is 0.824. The van der Waals surface area contributed by atoms with E-state index in [9.17, 15) is 0 Å². The molecular weight excluding hydrogens is 278 g/mol. The molecule has 0 amide bonds. The largest absolute Gasteiger partial charge is 0.311 e. The summed E-state index contributed by atoms with van der Waals surface area (Å²) in [5.74, 6) is 1.62. The molecular formula is C17H29N3S. The third-order valence-electron chi connectivity index (χ3n) is 5.20. The quantitative estimate of drug-likeness (QED) is 0.922. The molecule has 2 aliphatic rings. The molecule has 3 atom stereocenters. The average Bonchev–Trinajstić information content (AvgIpc) is 3.23. The lowest BCUT2D eigenvalue weighted by Crippen LogP contribution is -2.59. The third kappa shape index (κ3) is 3.17. The first-order valence-electron chi connectivity index (χ1n) is 8.40. The fourth-order valence-electron chi connectivity index (χ4n) is 3.78. The molecule has 3 nitrogen and oxygen atoms in total. The fourth-order valence-corrected chi connectivity index (χ4v) is 4.78. The second-order valence-electron chi connectivity index (χ2n) is 7.22. The van der Waals surface area contributed by atoms with E-state index in [2.05, 4.69) is 49.8 Å². The van der Waals surface area contributed by atoms with Gasteiger partial charge in [0, 0.05) is 36.1 Å². The molecule has 0 spiro atoms. The van der Waals surface area contributed by atoms with Crippen LogP contribution in [0.3, 0.4) is 0 Å². The minimum Gasteiger partial charge on any atom is -0.311 e. The number of rotatable bonds is 4. The van der Waals surface area contributed by atoms with E-state index in [-0.39, 0.29) is 0 Å². The van der Waals surface area contributed by atoms with Crippen LogP contribution in [-0.2, 0) is 0 Å². The Morgan fingerprint density at radius 1 is 1.24 bits per heavy atom. The maximum Gasteiger partial charge on any atom is 0.0900 e. The molecule has 1 aromatic rings. The standard InChI is InChI=1S/C17H29N3S/c1-10(2)16-8-18-15(14-6-7-14)9-20(16)12(4)17-11(3)19-13(5)21-17/h10,12,14-16,18H,6-9H2,1-5H3. The molecule has 118 valence electrons. The summed E-state index contributed by atoms with van der Waals surface area (Å²) >= 11 is 1.88. The monoisotopic (exact) mass is 307 g/mol. The van der Waals surface area contributed by atoms with Crippen LogP contribution in [0.15, 0.2) is 0 Å². The van der Waals surface area contributed by atoms with Crippen LogP contribution < -0.4 is 5.32 Å². The number of aryl methyl sites for hydroxylation is 2. The SMILES string of the molecule is Cc1nc(C)c(C(C)N2CC(C3CC3)NCC2C(C)C)s1. The van der Waals surface area contributed by atoms with Gasteiger partial charge in [0.05, 0.1) is 10.7 Å². The van der Waals surface area contributed by atoms with Gasteiger partial charge in [-0.1, -0.05) is 13.8 Å². The highest BCUT2D eigenvalue weighted by molar-refractivity contribution is 7.11. The second-order valence-corrected chi connectivity index (χ2v) is 8.45. The van der Waals surface area contributed by atoms with Gasteiger partial charge in [-0.2, -0.15) is 0 Å². The Hall–Kier alpha value is -0.450. The van der Waals surface area contributed by atoms with Crippen molar-refractivity contribution in [3.8, 4) is 0 Å². The Balaban J connectivity index is 1.81. The molecule has 0 radical (unpaired) electrons. The summed E-state index contributed by atoms with van der Waals surface area (Å²) in [6.45, 7) is 13.7. The summed E-state index contributed by atoms with van der Waals surface area (Å²) in [6, 6.07) is 1.83.